The first kappa shape index (κ1) is 16.8. The number of pyridine rings is 1. The minimum atomic E-state index is -0.0480. The van der Waals surface area contributed by atoms with Crippen molar-refractivity contribution in [3.63, 3.8) is 0 Å². The van der Waals surface area contributed by atoms with Gasteiger partial charge in [0.05, 0.1) is 0 Å². The van der Waals surface area contributed by atoms with Crippen molar-refractivity contribution in [1.82, 2.24) is 25.1 Å². The van der Waals surface area contributed by atoms with Crippen LogP contribution in [0.1, 0.15) is 24.1 Å². The van der Waals surface area contributed by atoms with Gasteiger partial charge in [-0.3, -0.25) is 4.79 Å². The molecule has 0 radical (unpaired) electrons. The summed E-state index contributed by atoms with van der Waals surface area (Å²) in [6.07, 6.45) is 3.99. The third kappa shape index (κ3) is 4.73. The molecule has 1 N–H and O–H groups in total. The second-order valence-electron chi connectivity index (χ2n) is 5.76. The van der Waals surface area contributed by atoms with E-state index in [9.17, 15) is 4.79 Å². The van der Waals surface area contributed by atoms with Gasteiger partial charge in [-0.15, -0.1) is 5.10 Å². The molecule has 0 unspecified atom stereocenters. The van der Waals surface area contributed by atoms with Gasteiger partial charge in [0.15, 0.2) is 11.6 Å². The topological polar surface area (TPSA) is 72.7 Å². The zero-order valence-corrected chi connectivity index (χ0v) is 14.2. The van der Waals surface area contributed by atoms with Crippen molar-refractivity contribution in [2.45, 2.75) is 26.2 Å². The van der Waals surface area contributed by atoms with Gasteiger partial charge in [-0.25, -0.2) is 9.97 Å². The van der Waals surface area contributed by atoms with Crippen molar-refractivity contribution >= 4 is 5.91 Å². The molecule has 0 aliphatic rings. The summed E-state index contributed by atoms with van der Waals surface area (Å²) in [7, 11) is 0. The lowest BCUT2D eigenvalue weighted by Crippen LogP contribution is -2.23. The smallest absolute Gasteiger partial charge is 0.216 e. The number of amides is 1. The van der Waals surface area contributed by atoms with Gasteiger partial charge in [0.2, 0.25) is 5.91 Å². The number of benzene rings is 1. The van der Waals surface area contributed by atoms with Crippen LogP contribution in [-0.4, -0.2) is 32.2 Å². The van der Waals surface area contributed by atoms with E-state index in [1.165, 1.54) is 12.5 Å². The van der Waals surface area contributed by atoms with Gasteiger partial charge >= 0.3 is 0 Å². The zero-order valence-electron chi connectivity index (χ0n) is 14.2. The monoisotopic (exact) mass is 335 g/mol. The van der Waals surface area contributed by atoms with E-state index in [4.69, 9.17) is 0 Å². The number of nitrogens with zero attached hydrogens (tertiary/aromatic N) is 4. The highest BCUT2D eigenvalue weighted by atomic mass is 16.1. The molecule has 2 aromatic heterocycles. The van der Waals surface area contributed by atoms with E-state index in [1.54, 1.807) is 10.9 Å². The molecule has 1 aromatic carbocycles. The summed E-state index contributed by atoms with van der Waals surface area (Å²) >= 11 is 0. The minimum Gasteiger partial charge on any atom is -0.356 e. The van der Waals surface area contributed by atoms with Gasteiger partial charge in [0.25, 0.3) is 0 Å². The van der Waals surface area contributed by atoms with Crippen LogP contribution in [-0.2, 0) is 24.1 Å². The van der Waals surface area contributed by atoms with Gasteiger partial charge in [0.1, 0.15) is 5.82 Å². The first-order valence-corrected chi connectivity index (χ1v) is 8.37. The number of hydrogen-bond donors (Lipinski definition) is 1. The quantitative estimate of drug-likeness (QED) is 0.718. The standard InChI is InChI=1S/C19H21N5O/c1-15(25)20-14-12-19-22-17(11-10-16-7-3-2-4-8-16)23-24(19)18-9-5-6-13-21-18/h2-9,13H,10-12,14H2,1H3,(H,20,25). The predicted molar refractivity (Wildman–Crippen MR) is 95.4 cm³/mol. The van der Waals surface area contributed by atoms with Gasteiger partial charge in [-0.2, -0.15) is 4.68 Å². The number of rotatable bonds is 7. The summed E-state index contributed by atoms with van der Waals surface area (Å²) in [6, 6.07) is 16.0. The summed E-state index contributed by atoms with van der Waals surface area (Å²) in [5.74, 6) is 2.27. The fourth-order valence-electron chi connectivity index (χ4n) is 2.57. The average Bonchev–Trinajstić information content (AvgIpc) is 3.04. The molecule has 2 heterocycles. The highest BCUT2D eigenvalue weighted by Crippen LogP contribution is 2.10. The first-order valence-electron chi connectivity index (χ1n) is 8.37. The molecule has 0 bridgehead atoms. The van der Waals surface area contributed by atoms with Gasteiger partial charge in [0, 0.05) is 32.5 Å². The van der Waals surface area contributed by atoms with Gasteiger partial charge in [-0.05, 0) is 24.1 Å². The molecule has 25 heavy (non-hydrogen) atoms. The van der Waals surface area contributed by atoms with Crippen molar-refractivity contribution in [2.75, 3.05) is 6.54 Å². The van der Waals surface area contributed by atoms with Crippen molar-refractivity contribution in [2.24, 2.45) is 0 Å². The maximum absolute atomic E-state index is 11.1. The Balaban J connectivity index is 1.77. The number of carbonyl (C=O) groups excluding carboxylic acids is 1. The zero-order chi connectivity index (χ0) is 17.5. The van der Waals surface area contributed by atoms with Crippen LogP contribution in [0.5, 0.6) is 0 Å². The molecular weight excluding hydrogens is 314 g/mol. The third-order valence-electron chi connectivity index (χ3n) is 3.79. The molecule has 3 aromatic rings. The van der Waals surface area contributed by atoms with Crippen molar-refractivity contribution < 1.29 is 4.79 Å². The molecular formula is C19H21N5O. The molecule has 0 spiro atoms. The average molecular weight is 335 g/mol. The summed E-state index contributed by atoms with van der Waals surface area (Å²) in [5.41, 5.74) is 1.26. The highest BCUT2D eigenvalue weighted by molar-refractivity contribution is 5.72. The Kier molecular flexibility index (Phi) is 5.51. The Morgan fingerprint density at radius 1 is 1.04 bits per heavy atom. The van der Waals surface area contributed by atoms with Crippen molar-refractivity contribution in [1.29, 1.82) is 0 Å². The van der Waals surface area contributed by atoms with Crippen LogP contribution in [0.25, 0.3) is 5.82 Å². The summed E-state index contributed by atoms with van der Waals surface area (Å²) in [6.45, 7) is 2.04. The SMILES string of the molecule is CC(=O)NCCc1nc(CCc2ccccc2)nn1-c1ccccn1. The molecule has 0 atom stereocenters. The van der Waals surface area contributed by atoms with E-state index in [0.29, 0.717) is 13.0 Å². The number of nitrogens with one attached hydrogen (secondary N) is 1. The van der Waals surface area contributed by atoms with Crippen LogP contribution in [0.4, 0.5) is 0 Å². The molecule has 6 nitrogen and oxygen atoms in total. The molecule has 128 valence electrons. The molecule has 0 aliphatic heterocycles. The maximum Gasteiger partial charge on any atom is 0.216 e. The number of carbonyl (C=O) groups is 1. The van der Waals surface area contributed by atoms with E-state index < -0.39 is 0 Å². The van der Waals surface area contributed by atoms with Crippen LogP contribution in [0, 0.1) is 0 Å². The second kappa shape index (κ2) is 8.19. The van der Waals surface area contributed by atoms with Crippen LogP contribution < -0.4 is 5.32 Å². The Bertz CT molecular complexity index is 814. The maximum atomic E-state index is 11.1. The Hall–Kier alpha value is -3.02. The minimum absolute atomic E-state index is 0.0480. The lowest BCUT2D eigenvalue weighted by Gasteiger charge is -2.04. The second-order valence-corrected chi connectivity index (χ2v) is 5.76. The predicted octanol–water partition coefficient (Wildman–Crippen LogP) is 2.13. The third-order valence-corrected chi connectivity index (χ3v) is 3.79. The van der Waals surface area contributed by atoms with Crippen LogP contribution >= 0.6 is 0 Å². The van der Waals surface area contributed by atoms with E-state index in [1.807, 2.05) is 36.4 Å². The fraction of sp³-hybridized carbons (Fsp3) is 0.263. The summed E-state index contributed by atoms with van der Waals surface area (Å²) in [4.78, 5) is 20.1. The van der Waals surface area contributed by atoms with Crippen LogP contribution in [0.2, 0.25) is 0 Å². The fourth-order valence-corrected chi connectivity index (χ4v) is 2.57. The van der Waals surface area contributed by atoms with E-state index in [0.717, 1.165) is 30.3 Å². The van der Waals surface area contributed by atoms with Crippen LogP contribution in [0.3, 0.4) is 0 Å². The van der Waals surface area contributed by atoms with E-state index in [2.05, 4.69) is 32.5 Å². The summed E-state index contributed by atoms with van der Waals surface area (Å²) in [5, 5.41) is 7.42. The number of hydrogen-bond acceptors (Lipinski definition) is 4. The molecule has 0 saturated carbocycles. The lowest BCUT2D eigenvalue weighted by atomic mass is 10.1. The first-order chi connectivity index (χ1) is 12.2. The van der Waals surface area contributed by atoms with Crippen molar-refractivity contribution in [3.05, 3.63) is 71.9 Å². The van der Waals surface area contributed by atoms with Gasteiger partial charge < -0.3 is 5.32 Å². The molecule has 1 amide bonds. The molecule has 0 fully saturated rings. The van der Waals surface area contributed by atoms with Crippen molar-refractivity contribution in [3.8, 4) is 5.82 Å². The van der Waals surface area contributed by atoms with E-state index >= 15 is 0 Å². The normalized spacial score (nSPS) is 10.6. The van der Waals surface area contributed by atoms with Gasteiger partial charge in [-0.1, -0.05) is 36.4 Å². The molecule has 3 rings (SSSR count). The molecule has 0 aliphatic carbocycles. The Morgan fingerprint density at radius 2 is 1.84 bits per heavy atom. The summed E-state index contributed by atoms with van der Waals surface area (Å²) < 4.78 is 1.77. The largest absolute Gasteiger partial charge is 0.356 e. The molecule has 6 heteroatoms. The Morgan fingerprint density at radius 3 is 2.56 bits per heavy atom. The highest BCUT2D eigenvalue weighted by Gasteiger charge is 2.12. The van der Waals surface area contributed by atoms with E-state index in [-0.39, 0.29) is 5.91 Å². The number of aromatic nitrogens is 4. The Labute approximate surface area is 146 Å². The lowest BCUT2D eigenvalue weighted by molar-refractivity contribution is -0.118. The number of aryl methyl sites for hydroxylation is 2. The molecule has 0 saturated heterocycles. The van der Waals surface area contributed by atoms with Crippen LogP contribution in [0.15, 0.2) is 54.7 Å².